The van der Waals surface area contributed by atoms with E-state index in [1.807, 2.05) is 13.8 Å². The molecular formula is C15H18N2O3S. The topological polar surface area (TPSA) is 71.5 Å². The number of carbonyl (C=O) groups is 1. The zero-order valence-electron chi connectivity index (χ0n) is 12.0. The fourth-order valence-corrected chi connectivity index (χ4v) is 2.21. The third-order valence-electron chi connectivity index (χ3n) is 2.65. The van der Waals surface area contributed by atoms with E-state index in [9.17, 15) is 9.90 Å². The van der Waals surface area contributed by atoms with Crippen LogP contribution in [0.5, 0.6) is 5.75 Å². The lowest BCUT2D eigenvalue weighted by atomic mass is 10.1. The van der Waals surface area contributed by atoms with Crippen LogP contribution >= 0.6 is 11.3 Å². The molecular weight excluding hydrogens is 288 g/mol. The van der Waals surface area contributed by atoms with Gasteiger partial charge in [-0.1, -0.05) is 13.8 Å². The molecule has 0 spiro atoms. The number of aromatic nitrogens is 1. The van der Waals surface area contributed by atoms with Crippen molar-refractivity contribution < 1.29 is 14.6 Å². The van der Waals surface area contributed by atoms with E-state index in [-0.39, 0.29) is 12.5 Å². The normalized spacial score (nSPS) is 10.7. The van der Waals surface area contributed by atoms with Crippen LogP contribution in [0.15, 0.2) is 29.8 Å². The van der Waals surface area contributed by atoms with Crippen LogP contribution in [0, 0.1) is 5.92 Å². The van der Waals surface area contributed by atoms with Crippen LogP contribution in [-0.2, 0) is 6.61 Å². The SMILES string of the molecule is CC(C)COc1cc(CO)cc(C(=O)Nc2nccs2)c1. The molecule has 1 aromatic carbocycles. The number of nitrogens with one attached hydrogen (secondary N) is 1. The first-order chi connectivity index (χ1) is 10.1. The molecule has 2 rings (SSSR count). The molecule has 1 heterocycles. The Bertz CT molecular complexity index is 597. The summed E-state index contributed by atoms with van der Waals surface area (Å²) in [7, 11) is 0. The van der Waals surface area contributed by atoms with Crippen LogP contribution in [0.4, 0.5) is 5.13 Å². The van der Waals surface area contributed by atoms with Crippen molar-refractivity contribution in [3.05, 3.63) is 40.9 Å². The maximum absolute atomic E-state index is 12.2. The number of rotatable bonds is 6. The summed E-state index contributed by atoms with van der Waals surface area (Å²) in [5.74, 6) is 0.699. The Balaban J connectivity index is 2.17. The molecule has 1 amide bonds. The Labute approximate surface area is 127 Å². The lowest BCUT2D eigenvalue weighted by molar-refractivity contribution is 0.102. The number of aliphatic hydroxyl groups is 1. The largest absolute Gasteiger partial charge is 0.493 e. The number of amides is 1. The summed E-state index contributed by atoms with van der Waals surface area (Å²) in [6.45, 7) is 4.51. The second kappa shape index (κ2) is 7.19. The Morgan fingerprint density at radius 3 is 2.86 bits per heavy atom. The summed E-state index contributed by atoms with van der Waals surface area (Å²) >= 11 is 1.35. The van der Waals surface area contributed by atoms with Gasteiger partial charge in [-0.25, -0.2) is 4.98 Å². The number of benzene rings is 1. The molecule has 0 aliphatic carbocycles. The Hall–Kier alpha value is -1.92. The highest BCUT2D eigenvalue weighted by molar-refractivity contribution is 7.13. The van der Waals surface area contributed by atoms with Gasteiger partial charge in [-0.2, -0.15) is 0 Å². The standard InChI is InChI=1S/C15H18N2O3S/c1-10(2)9-20-13-6-11(8-18)5-12(7-13)14(19)17-15-16-3-4-21-15/h3-7,10,18H,8-9H2,1-2H3,(H,16,17,19). The van der Waals surface area contributed by atoms with Gasteiger partial charge >= 0.3 is 0 Å². The minimum Gasteiger partial charge on any atom is -0.493 e. The maximum atomic E-state index is 12.2. The first-order valence-corrected chi connectivity index (χ1v) is 7.55. The molecule has 0 atom stereocenters. The second-order valence-corrected chi connectivity index (χ2v) is 5.91. The van der Waals surface area contributed by atoms with Gasteiger partial charge in [0, 0.05) is 17.1 Å². The molecule has 0 fully saturated rings. The third-order valence-corrected chi connectivity index (χ3v) is 3.34. The molecule has 0 bridgehead atoms. The summed E-state index contributed by atoms with van der Waals surface area (Å²) in [6, 6.07) is 5.05. The van der Waals surface area contributed by atoms with E-state index in [0.29, 0.717) is 34.5 Å². The van der Waals surface area contributed by atoms with Crippen molar-refractivity contribution >= 4 is 22.4 Å². The van der Waals surface area contributed by atoms with Crippen LogP contribution in [0.1, 0.15) is 29.8 Å². The molecule has 0 aliphatic heterocycles. The average molecular weight is 306 g/mol. The second-order valence-electron chi connectivity index (χ2n) is 5.02. The first-order valence-electron chi connectivity index (χ1n) is 6.67. The summed E-state index contributed by atoms with van der Waals surface area (Å²) in [4.78, 5) is 16.2. The number of carbonyl (C=O) groups excluding carboxylic acids is 1. The van der Waals surface area contributed by atoms with Crippen molar-refractivity contribution in [1.82, 2.24) is 4.98 Å². The summed E-state index contributed by atoms with van der Waals surface area (Å²) < 4.78 is 5.63. The molecule has 2 aromatic rings. The van der Waals surface area contributed by atoms with E-state index >= 15 is 0 Å². The van der Waals surface area contributed by atoms with Crippen LogP contribution < -0.4 is 10.1 Å². The molecule has 0 saturated carbocycles. The van der Waals surface area contributed by atoms with Crippen LogP contribution in [-0.4, -0.2) is 22.6 Å². The number of ether oxygens (including phenoxy) is 1. The molecule has 21 heavy (non-hydrogen) atoms. The van der Waals surface area contributed by atoms with E-state index < -0.39 is 0 Å². The van der Waals surface area contributed by atoms with Gasteiger partial charge in [-0.3, -0.25) is 10.1 Å². The Kier molecular flexibility index (Phi) is 5.30. The van der Waals surface area contributed by atoms with Crippen LogP contribution in [0.3, 0.4) is 0 Å². The minimum absolute atomic E-state index is 0.142. The predicted octanol–water partition coefficient (Wildman–Crippen LogP) is 2.92. The van der Waals surface area contributed by atoms with Gasteiger partial charge in [-0.15, -0.1) is 11.3 Å². The molecule has 112 valence electrons. The van der Waals surface area contributed by atoms with Crippen molar-refractivity contribution in [2.75, 3.05) is 11.9 Å². The van der Waals surface area contributed by atoms with Gasteiger partial charge in [-0.05, 0) is 29.7 Å². The molecule has 6 heteroatoms. The number of thiazole rings is 1. The average Bonchev–Trinajstić information content (AvgIpc) is 2.97. The smallest absolute Gasteiger partial charge is 0.257 e. The van der Waals surface area contributed by atoms with E-state index in [1.54, 1.807) is 29.8 Å². The maximum Gasteiger partial charge on any atom is 0.257 e. The predicted molar refractivity (Wildman–Crippen MR) is 82.8 cm³/mol. The first kappa shape index (κ1) is 15.5. The van der Waals surface area contributed by atoms with Crippen molar-refractivity contribution in [2.45, 2.75) is 20.5 Å². The third kappa shape index (κ3) is 4.54. The summed E-state index contributed by atoms with van der Waals surface area (Å²) in [5.41, 5.74) is 1.08. The van der Waals surface area contributed by atoms with Gasteiger partial charge in [0.15, 0.2) is 5.13 Å². The molecule has 0 unspecified atom stereocenters. The number of anilines is 1. The van der Waals surface area contributed by atoms with Gasteiger partial charge < -0.3 is 9.84 Å². The highest BCUT2D eigenvalue weighted by Crippen LogP contribution is 2.20. The number of hydrogen-bond acceptors (Lipinski definition) is 5. The Morgan fingerprint density at radius 2 is 2.24 bits per heavy atom. The molecule has 0 radical (unpaired) electrons. The van der Waals surface area contributed by atoms with E-state index in [2.05, 4.69) is 10.3 Å². The van der Waals surface area contributed by atoms with Gasteiger partial charge in [0.2, 0.25) is 0 Å². The number of hydrogen-bond donors (Lipinski definition) is 2. The summed E-state index contributed by atoms with van der Waals surface area (Å²) in [6.07, 6.45) is 1.63. The number of nitrogens with zero attached hydrogens (tertiary/aromatic N) is 1. The summed E-state index contributed by atoms with van der Waals surface area (Å²) in [5, 5.41) is 14.3. The molecule has 5 nitrogen and oxygen atoms in total. The molecule has 1 aromatic heterocycles. The van der Waals surface area contributed by atoms with Gasteiger partial charge in [0.25, 0.3) is 5.91 Å². The van der Waals surface area contributed by atoms with Crippen molar-refractivity contribution in [1.29, 1.82) is 0 Å². The van der Waals surface area contributed by atoms with Gasteiger partial charge in [0.1, 0.15) is 5.75 Å². The van der Waals surface area contributed by atoms with E-state index in [4.69, 9.17) is 4.74 Å². The zero-order valence-corrected chi connectivity index (χ0v) is 12.8. The van der Waals surface area contributed by atoms with Crippen molar-refractivity contribution in [3.63, 3.8) is 0 Å². The number of aliphatic hydroxyl groups excluding tert-OH is 1. The highest BCUT2D eigenvalue weighted by Gasteiger charge is 2.11. The fraction of sp³-hybridized carbons (Fsp3) is 0.333. The zero-order chi connectivity index (χ0) is 15.2. The lowest BCUT2D eigenvalue weighted by Gasteiger charge is -2.11. The van der Waals surface area contributed by atoms with Crippen LogP contribution in [0.25, 0.3) is 0 Å². The van der Waals surface area contributed by atoms with E-state index in [1.165, 1.54) is 11.3 Å². The molecule has 0 aliphatic rings. The monoisotopic (exact) mass is 306 g/mol. The van der Waals surface area contributed by atoms with Crippen molar-refractivity contribution in [2.24, 2.45) is 5.92 Å². The lowest BCUT2D eigenvalue weighted by Crippen LogP contribution is -2.13. The van der Waals surface area contributed by atoms with E-state index in [0.717, 1.165) is 0 Å². The van der Waals surface area contributed by atoms with Gasteiger partial charge in [0.05, 0.1) is 13.2 Å². The van der Waals surface area contributed by atoms with Crippen LogP contribution in [0.2, 0.25) is 0 Å². The quantitative estimate of drug-likeness (QED) is 0.861. The highest BCUT2D eigenvalue weighted by atomic mass is 32.1. The Morgan fingerprint density at radius 1 is 1.43 bits per heavy atom. The van der Waals surface area contributed by atoms with Crippen molar-refractivity contribution in [3.8, 4) is 5.75 Å². The minimum atomic E-state index is -0.269. The fourth-order valence-electron chi connectivity index (χ4n) is 1.68. The molecule has 2 N–H and O–H groups in total. The molecule has 0 saturated heterocycles.